The van der Waals surface area contributed by atoms with E-state index in [1.165, 1.54) is 56.1 Å². The summed E-state index contributed by atoms with van der Waals surface area (Å²) < 4.78 is 0. The molecule has 1 fully saturated rings. The van der Waals surface area contributed by atoms with Crippen molar-refractivity contribution in [3.8, 4) is 0 Å². The molecule has 7 rings (SSSR count). The monoisotopic (exact) mass is 536 g/mol. The van der Waals surface area contributed by atoms with E-state index in [0.717, 1.165) is 0 Å². The van der Waals surface area contributed by atoms with Gasteiger partial charge in [0.15, 0.2) is 0 Å². The van der Waals surface area contributed by atoms with Crippen LogP contribution in [0.5, 0.6) is 0 Å². The lowest BCUT2D eigenvalue weighted by Gasteiger charge is -2.57. The third-order valence-electron chi connectivity index (χ3n) is 9.73. The number of allylic oxidation sites excluding steroid dienone is 4. The summed E-state index contributed by atoms with van der Waals surface area (Å²) in [5, 5.41) is 0. The molecule has 1 saturated heterocycles. The molecular formula is C38H41BN2. The highest BCUT2D eigenvalue weighted by atomic mass is 15.2. The average Bonchev–Trinajstić information content (AvgIpc) is 2.93. The molecule has 3 aromatic rings. The lowest BCUT2D eigenvalue weighted by molar-refractivity contribution is 0.589. The maximum atomic E-state index is 2.68. The quantitative estimate of drug-likeness (QED) is 0.302. The second-order valence-corrected chi connectivity index (χ2v) is 13.8. The van der Waals surface area contributed by atoms with Crippen LogP contribution < -0.4 is 15.3 Å². The van der Waals surface area contributed by atoms with Crippen LogP contribution in [-0.2, 0) is 5.41 Å². The molecule has 0 radical (unpaired) electrons. The van der Waals surface area contributed by atoms with Gasteiger partial charge in [-0.3, -0.25) is 0 Å². The number of nitrogens with zero attached hydrogens (tertiary/aromatic N) is 2. The summed E-state index contributed by atoms with van der Waals surface area (Å²) in [6.45, 7) is 16.3. The van der Waals surface area contributed by atoms with Crippen LogP contribution in [0.15, 0.2) is 114 Å². The van der Waals surface area contributed by atoms with E-state index in [9.17, 15) is 0 Å². The summed E-state index contributed by atoms with van der Waals surface area (Å²) in [4.78, 5) is 5.30. The minimum atomic E-state index is 0.132. The molecule has 206 valence electrons. The van der Waals surface area contributed by atoms with Crippen LogP contribution in [0.4, 0.5) is 17.1 Å². The summed E-state index contributed by atoms with van der Waals surface area (Å²) >= 11 is 0. The molecule has 2 aliphatic heterocycles. The van der Waals surface area contributed by atoms with Gasteiger partial charge >= 0.3 is 0 Å². The molecule has 0 bridgehead atoms. The smallest absolute Gasteiger partial charge is 0.200 e. The van der Waals surface area contributed by atoms with Crippen molar-refractivity contribution in [2.75, 3.05) is 9.80 Å². The molecule has 0 N–H and O–H groups in total. The number of hydrogen-bond acceptors (Lipinski definition) is 2. The second kappa shape index (κ2) is 9.41. The molecule has 3 heteroatoms. The van der Waals surface area contributed by atoms with Crippen LogP contribution in [0.2, 0.25) is 11.6 Å². The Balaban J connectivity index is 1.46. The van der Waals surface area contributed by atoms with Crippen molar-refractivity contribution in [3.05, 3.63) is 131 Å². The fourth-order valence-corrected chi connectivity index (χ4v) is 7.79. The maximum absolute atomic E-state index is 2.68. The normalized spacial score (nSPS) is 24.7. The summed E-state index contributed by atoms with van der Waals surface area (Å²) in [7, 11) is 0. The molecule has 2 heterocycles. The number of rotatable bonds is 2. The number of benzene rings is 3. The van der Waals surface area contributed by atoms with Gasteiger partial charge in [0.1, 0.15) is 0 Å². The second-order valence-electron chi connectivity index (χ2n) is 13.8. The van der Waals surface area contributed by atoms with Gasteiger partial charge in [-0.25, -0.2) is 0 Å². The van der Waals surface area contributed by atoms with Gasteiger partial charge < -0.3 is 9.80 Å². The molecule has 2 aliphatic carbocycles. The Labute approximate surface area is 246 Å². The molecule has 0 amide bonds. The van der Waals surface area contributed by atoms with E-state index in [-0.39, 0.29) is 17.5 Å². The molecule has 0 aromatic heterocycles. The van der Waals surface area contributed by atoms with Gasteiger partial charge in [0.2, 0.25) is 6.71 Å². The SMILES string of the molecule is CC1=CC2B3c4cc(C)ccc4N(c4ccc(C)cc4)C4C=C(C)C=C(C34)N(c3ccc(C(C)(C)C)cc3)C2C=C1. The minimum Gasteiger partial charge on any atom is -0.339 e. The van der Waals surface area contributed by atoms with Crippen LogP contribution in [0.1, 0.15) is 51.3 Å². The highest BCUT2D eigenvalue weighted by Gasteiger charge is 2.56. The summed E-state index contributed by atoms with van der Waals surface area (Å²) in [6.07, 6.45) is 12.4. The molecule has 3 aromatic carbocycles. The molecule has 2 nitrogen and oxygen atoms in total. The van der Waals surface area contributed by atoms with Crippen LogP contribution in [0.25, 0.3) is 0 Å². The molecule has 4 atom stereocenters. The summed E-state index contributed by atoms with van der Waals surface area (Å²) in [5.74, 6) is 0.730. The lowest BCUT2D eigenvalue weighted by atomic mass is 9.24. The van der Waals surface area contributed by atoms with E-state index in [1.807, 2.05) is 0 Å². The van der Waals surface area contributed by atoms with Crippen molar-refractivity contribution in [3.63, 3.8) is 0 Å². The number of aryl methyl sites for hydroxylation is 2. The molecule has 4 unspecified atom stereocenters. The summed E-state index contributed by atoms with van der Waals surface area (Å²) in [6, 6.07) is 26.2. The van der Waals surface area contributed by atoms with E-state index in [1.54, 1.807) is 0 Å². The van der Waals surface area contributed by atoms with Crippen LogP contribution in [-0.4, -0.2) is 18.8 Å². The van der Waals surface area contributed by atoms with Gasteiger partial charge in [-0.1, -0.05) is 109 Å². The molecule has 0 spiro atoms. The summed E-state index contributed by atoms with van der Waals surface area (Å²) in [5.41, 5.74) is 13.7. The predicted molar refractivity (Wildman–Crippen MR) is 177 cm³/mol. The Hall–Kier alpha value is -3.72. The van der Waals surface area contributed by atoms with E-state index in [4.69, 9.17) is 0 Å². The Bertz CT molecular complexity index is 1630. The minimum absolute atomic E-state index is 0.132. The van der Waals surface area contributed by atoms with Crippen molar-refractivity contribution in [2.24, 2.45) is 0 Å². The fourth-order valence-electron chi connectivity index (χ4n) is 7.79. The molecule has 0 saturated carbocycles. The first-order chi connectivity index (χ1) is 19.6. The van der Waals surface area contributed by atoms with Crippen molar-refractivity contribution in [1.82, 2.24) is 0 Å². The van der Waals surface area contributed by atoms with Crippen LogP contribution >= 0.6 is 0 Å². The zero-order chi connectivity index (χ0) is 28.6. The topological polar surface area (TPSA) is 6.48 Å². The molecule has 4 aliphatic rings. The highest BCUT2D eigenvalue weighted by molar-refractivity contribution is 6.80. The molecule has 41 heavy (non-hydrogen) atoms. The van der Waals surface area contributed by atoms with Crippen molar-refractivity contribution in [1.29, 1.82) is 0 Å². The Morgan fingerprint density at radius 1 is 0.683 bits per heavy atom. The Kier molecular flexibility index (Phi) is 6.01. The van der Waals surface area contributed by atoms with E-state index in [0.29, 0.717) is 18.3 Å². The number of fused-ring (bicyclic) bond motifs is 4. The zero-order valence-corrected chi connectivity index (χ0v) is 25.5. The van der Waals surface area contributed by atoms with Crippen molar-refractivity contribution < 1.29 is 0 Å². The molecular weight excluding hydrogens is 495 g/mol. The Morgan fingerprint density at radius 3 is 2.05 bits per heavy atom. The average molecular weight is 537 g/mol. The predicted octanol–water partition coefficient (Wildman–Crippen LogP) is 8.81. The fraction of sp³-hybridized carbons (Fsp3) is 0.316. The number of hydrogen-bond donors (Lipinski definition) is 0. The first kappa shape index (κ1) is 26.2. The van der Waals surface area contributed by atoms with Gasteiger partial charge in [0.05, 0.1) is 12.1 Å². The van der Waals surface area contributed by atoms with Crippen molar-refractivity contribution in [2.45, 2.75) is 77.6 Å². The standard InChI is InChI=1S/C38H41BN2/c1-24-8-14-29(15-9-24)40-33-18-10-25(2)20-31(33)39-32-21-26(3)11-19-34(32)41(36-23-27(4)22-35(40)37(36)39)30-16-12-28(13-17-30)38(5,6)7/h8-23,32,34-35,37H,1-7H3. The first-order valence-electron chi connectivity index (χ1n) is 15.2. The van der Waals surface area contributed by atoms with Gasteiger partial charge in [0, 0.05) is 28.6 Å². The van der Waals surface area contributed by atoms with Crippen LogP contribution in [0.3, 0.4) is 0 Å². The maximum Gasteiger partial charge on any atom is 0.200 e. The zero-order valence-electron chi connectivity index (χ0n) is 25.5. The first-order valence-corrected chi connectivity index (χ1v) is 15.2. The largest absolute Gasteiger partial charge is 0.339 e. The Morgan fingerprint density at radius 2 is 1.34 bits per heavy atom. The van der Waals surface area contributed by atoms with Crippen molar-refractivity contribution >= 4 is 29.2 Å². The third-order valence-corrected chi connectivity index (χ3v) is 9.73. The third kappa shape index (κ3) is 4.24. The van der Waals surface area contributed by atoms with E-state index >= 15 is 0 Å². The van der Waals surface area contributed by atoms with Gasteiger partial charge in [-0.05, 0) is 80.9 Å². The van der Waals surface area contributed by atoms with Crippen LogP contribution in [0, 0.1) is 13.8 Å². The van der Waals surface area contributed by atoms with E-state index in [2.05, 4.69) is 155 Å². The van der Waals surface area contributed by atoms with Gasteiger partial charge in [-0.2, -0.15) is 0 Å². The van der Waals surface area contributed by atoms with Gasteiger partial charge in [0.25, 0.3) is 0 Å². The van der Waals surface area contributed by atoms with Gasteiger partial charge in [-0.15, -0.1) is 0 Å². The lowest BCUT2D eigenvalue weighted by Crippen LogP contribution is -2.64. The number of anilines is 3. The van der Waals surface area contributed by atoms with E-state index < -0.39 is 0 Å². The highest BCUT2D eigenvalue weighted by Crippen LogP contribution is 2.55.